The molecule has 1 heterocycles. The third-order valence-electron chi connectivity index (χ3n) is 8.10. The van der Waals surface area contributed by atoms with Crippen LogP contribution in [-0.4, -0.2) is 37.3 Å². The highest BCUT2D eigenvalue weighted by molar-refractivity contribution is 5.17. The molecule has 0 aliphatic carbocycles. The Hall–Kier alpha value is -4.14. The maximum atomic E-state index is 6.78. The Balaban J connectivity index is 1.29. The van der Waals surface area contributed by atoms with Crippen LogP contribution in [0.25, 0.3) is 0 Å². The summed E-state index contributed by atoms with van der Waals surface area (Å²) < 4.78 is 39.7. The second-order valence-corrected chi connectivity index (χ2v) is 11.6. The van der Waals surface area contributed by atoms with Crippen LogP contribution in [0.3, 0.4) is 0 Å². The molecule has 1 saturated heterocycles. The van der Waals surface area contributed by atoms with Crippen molar-refractivity contribution in [1.82, 2.24) is 0 Å². The third kappa shape index (κ3) is 9.92. The lowest BCUT2D eigenvalue weighted by molar-refractivity contribution is -0.330. The van der Waals surface area contributed by atoms with E-state index in [0.717, 1.165) is 27.8 Å². The molecular weight excluding hydrogens is 588 g/mol. The van der Waals surface area contributed by atoms with Crippen LogP contribution in [-0.2, 0) is 61.5 Å². The van der Waals surface area contributed by atoms with E-state index < -0.39 is 30.7 Å². The van der Waals surface area contributed by atoms with Crippen molar-refractivity contribution in [2.45, 2.75) is 63.7 Å². The SMILES string of the molecule is c1ccc(COCC2OC(OCc3ccccc3)C(OCc3ccccc3)C(OCc3ccccc3)C2OCc2ccccc2)cc1. The summed E-state index contributed by atoms with van der Waals surface area (Å²) in [6, 6.07) is 50.6. The highest BCUT2D eigenvalue weighted by atomic mass is 16.7. The van der Waals surface area contributed by atoms with Crippen molar-refractivity contribution in [3.8, 4) is 0 Å². The molecule has 0 spiro atoms. The minimum absolute atomic E-state index is 0.288. The molecule has 6 rings (SSSR count). The van der Waals surface area contributed by atoms with E-state index in [1.54, 1.807) is 0 Å². The molecule has 0 amide bonds. The molecule has 0 bridgehead atoms. The van der Waals surface area contributed by atoms with Gasteiger partial charge in [0, 0.05) is 0 Å². The Bertz CT molecular complexity index is 1550. The molecular formula is C41H42O6. The zero-order chi connectivity index (χ0) is 31.9. The molecule has 0 radical (unpaired) electrons. The van der Waals surface area contributed by atoms with Crippen molar-refractivity contribution in [3.05, 3.63) is 179 Å². The molecule has 6 nitrogen and oxygen atoms in total. The monoisotopic (exact) mass is 630 g/mol. The molecule has 1 fully saturated rings. The summed E-state index contributed by atoms with van der Waals surface area (Å²) in [5.41, 5.74) is 5.29. The molecule has 6 heteroatoms. The van der Waals surface area contributed by atoms with Crippen molar-refractivity contribution >= 4 is 0 Å². The summed E-state index contributed by atoms with van der Waals surface area (Å²) in [5.74, 6) is 0. The van der Waals surface area contributed by atoms with Crippen molar-refractivity contribution in [1.29, 1.82) is 0 Å². The lowest BCUT2D eigenvalue weighted by Gasteiger charge is -2.46. The van der Waals surface area contributed by atoms with E-state index in [1.807, 2.05) is 115 Å². The number of hydrogen-bond acceptors (Lipinski definition) is 6. The predicted molar refractivity (Wildman–Crippen MR) is 181 cm³/mol. The van der Waals surface area contributed by atoms with Gasteiger partial charge in [0.25, 0.3) is 0 Å². The number of benzene rings is 5. The molecule has 1 aliphatic heterocycles. The van der Waals surface area contributed by atoms with Gasteiger partial charge in [0.05, 0.1) is 39.6 Å². The maximum absolute atomic E-state index is 6.78. The Morgan fingerprint density at radius 3 is 1.13 bits per heavy atom. The van der Waals surface area contributed by atoms with Gasteiger partial charge in [-0.1, -0.05) is 152 Å². The summed E-state index contributed by atoms with van der Waals surface area (Å²) in [5, 5.41) is 0. The topological polar surface area (TPSA) is 55.4 Å². The van der Waals surface area contributed by atoms with E-state index in [2.05, 4.69) is 36.4 Å². The molecule has 5 aromatic carbocycles. The first kappa shape index (κ1) is 32.8. The van der Waals surface area contributed by atoms with Crippen LogP contribution in [0.5, 0.6) is 0 Å². The first-order valence-corrected chi connectivity index (χ1v) is 16.2. The number of ether oxygens (including phenoxy) is 6. The van der Waals surface area contributed by atoms with Crippen LogP contribution < -0.4 is 0 Å². The molecule has 1 aliphatic rings. The van der Waals surface area contributed by atoms with Crippen LogP contribution in [0.15, 0.2) is 152 Å². The van der Waals surface area contributed by atoms with Gasteiger partial charge in [-0.2, -0.15) is 0 Å². The Morgan fingerprint density at radius 2 is 0.702 bits per heavy atom. The van der Waals surface area contributed by atoms with Crippen LogP contribution in [0.1, 0.15) is 27.8 Å². The van der Waals surface area contributed by atoms with E-state index in [4.69, 9.17) is 28.4 Å². The molecule has 5 atom stereocenters. The first-order chi connectivity index (χ1) is 23.3. The molecule has 0 N–H and O–H groups in total. The zero-order valence-corrected chi connectivity index (χ0v) is 26.5. The summed E-state index contributed by atoms with van der Waals surface area (Å²) in [6.07, 6.45) is -2.84. The predicted octanol–water partition coefficient (Wildman–Crippen LogP) is 7.90. The average molecular weight is 631 g/mol. The van der Waals surface area contributed by atoms with Crippen molar-refractivity contribution in [2.75, 3.05) is 6.61 Å². The number of hydrogen-bond donors (Lipinski definition) is 0. The fourth-order valence-corrected chi connectivity index (χ4v) is 5.63. The van der Waals surface area contributed by atoms with E-state index in [9.17, 15) is 0 Å². The zero-order valence-electron chi connectivity index (χ0n) is 26.5. The highest BCUT2D eigenvalue weighted by Gasteiger charge is 2.49. The maximum Gasteiger partial charge on any atom is 0.187 e. The lowest BCUT2D eigenvalue weighted by atomic mass is 9.97. The third-order valence-corrected chi connectivity index (χ3v) is 8.10. The minimum atomic E-state index is -0.735. The summed E-state index contributed by atoms with van der Waals surface area (Å²) >= 11 is 0. The second-order valence-electron chi connectivity index (χ2n) is 11.6. The molecule has 5 unspecified atom stereocenters. The Morgan fingerprint density at radius 1 is 0.362 bits per heavy atom. The van der Waals surface area contributed by atoms with Crippen molar-refractivity contribution in [2.24, 2.45) is 0 Å². The van der Waals surface area contributed by atoms with Gasteiger partial charge >= 0.3 is 0 Å². The lowest BCUT2D eigenvalue weighted by Crippen LogP contribution is -2.61. The van der Waals surface area contributed by atoms with Gasteiger partial charge in [-0.3, -0.25) is 0 Å². The average Bonchev–Trinajstić information content (AvgIpc) is 3.14. The van der Waals surface area contributed by atoms with Crippen LogP contribution >= 0.6 is 0 Å². The van der Waals surface area contributed by atoms with Crippen LogP contribution in [0, 0.1) is 0 Å². The van der Waals surface area contributed by atoms with Crippen LogP contribution in [0.2, 0.25) is 0 Å². The molecule has 47 heavy (non-hydrogen) atoms. The van der Waals surface area contributed by atoms with E-state index >= 15 is 0 Å². The molecule has 242 valence electrons. The molecule has 5 aromatic rings. The number of rotatable bonds is 16. The summed E-state index contributed by atoms with van der Waals surface area (Å²) in [7, 11) is 0. The first-order valence-electron chi connectivity index (χ1n) is 16.2. The molecule has 0 aromatic heterocycles. The fraction of sp³-hybridized carbons (Fsp3) is 0.268. The van der Waals surface area contributed by atoms with Crippen LogP contribution in [0.4, 0.5) is 0 Å². The largest absolute Gasteiger partial charge is 0.374 e. The van der Waals surface area contributed by atoms with Crippen molar-refractivity contribution in [3.63, 3.8) is 0 Å². The van der Waals surface area contributed by atoms with Crippen molar-refractivity contribution < 1.29 is 28.4 Å². The van der Waals surface area contributed by atoms with Gasteiger partial charge in [0.1, 0.15) is 24.4 Å². The minimum Gasteiger partial charge on any atom is -0.374 e. The van der Waals surface area contributed by atoms with E-state index in [-0.39, 0.29) is 6.61 Å². The fourth-order valence-electron chi connectivity index (χ4n) is 5.63. The van der Waals surface area contributed by atoms with Gasteiger partial charge < -0.3 is 28.4 Å². The van der Waals surface area contributed by atoms with Gasteiger partial charge in [0.2, 0.25) is 0 Å². The van der Waals surface area contributed by atoms with Gasteiger partial charge in [-0.15, -0.1) is 0 Å². The van der Waals surface area contributed by atoms with Gasteiger partial charge in [-0.05, 0) is 27.8 Å². The normalized spacial score (nSPS) is 21.0. The quantitative estimate of drug-likeness (QED) is 0.111. The smallest absolute Gasteiger partial charge is 0.187 e. The summed E-state index contributed by atoms with van der Waals surface area (Å²) in [4.78, 5) is 0. The Kier molecular flexibility index (Phi) is 12.3. The molecule has 0 saturated carbocycles. The Labute approximate surface area is 277 Å². The van der Waals surface area contributed by atoms with E-state index in [1.165, 1.54) is 0 Å². The second kappa shape index (κ2) is 17.7. The standard InChI is InChI=1S/C41H42O6/c1-6-16-32(17-7-1)26-42-31-37-38(43-27-33-18-8-2-9-19-33)39(44-28-34-20-10-3-11-21-34)40(45-29-35-22-12-4-13-23-35)41(47-37)46-30-36-24-14-5-15-25-36/h1-25,37-41H,26-31H2. The van der Waals surface area contributed by atoms with Gasteiger partial charge in [-0.25, -0.2) is 0 Å². The van der Waals surface area contributed by atoms with Gasteiger partial charge in [0.15, 0.2) is 6.29 Å². The summed E-state index contributed by atoms with van der Waals surface area (Å²) in [6.45, 7) is 2.23. The highest BCUT2D eigenvalue weighted by Crippen LogP contribution is 2.32. The van der Waals surface area contributed by atoms with E-state index in [0.29, 0.717) is 33.0 Å².